The van der Waals surface area contributed by atoms with E-state index in [1.807, 2.05) is 30.3 Å². The third-order valence-corrected chi connectivity index (χ3v) is 3.22. The maximum Gasteiger partial charge on any atom is 0.193 e. The molecule has 3 aromatic rings. The molecular formula is C17H11FO2. The van der Waals surface area contributed by atoms with E-state index in [9.17, 15) is 14.3 Å². The first-order valence-corrected chi connectivity index (χ1v) is 6.17. The van der Waals surface area contributed by atoms with Crippen LogP contribution in [-0.2, 0) is 0 Å². The molecule has 0 bridgehead atoms. The normalized spacial score (nSPS) is 10.7. The molecule has 0 heterocycles. The summed E-state index contributed by atoms with van der Waals surface area (Å²) in [6.07, 6.45) is 0. The van der Waals surface area contributed by atoms with Crippen LogP contribution in [0.2, 0.25) is 0 Å². The first kappa shape index (κ1) is 12.4. The van der Waals surface area contributed by atoms with Crippen LogP contribution >= 0.6 is 0 Å². The summed E-state index contributed by atoms with van der Waals surface area (Å²) < 4.78 is 13.0. The summed E-state index contributed by atoms with van der Waals surface area (Å²) in [6, 6.07) is 16.7. The van der Waals surface area contributed by atoms with Crippen LogP contribution in [0.25, 0.3) is 10.8 Å². The van der Waals surface area contributed by atoms with Crippen LogP contribution in [0, 0.1) is 5.82 Å². The number of ketones is 1. The summed E-state index contributed by atoms with van der Waals surface area (Å²) >= 11 is 0. The van der Waals surface area contributed by atoms with Crippen molar-refractivity contribution in [3.63, 3.8) is 0 Å². The van der Waals surface area contributed by atoms with Gasteiger partial charge in [-0.1, -0.05) is 36.4 Å². The van der Waals surface area contributed by atoms with Gasteiger partial charge in [0, 0.05) is 11.1 Å². The van der Waals surface area contributed by atoms with Crippen LogP contribution in [0.1, 0.15) is 15.9 Å². The molecular weight excluding hydrogens is 255 g/mol. The summed E-state index contributed by atoms with van der Waals surface area (Å²) in [5, 5.41) is 11.4. The Hall–Kier alpha value is -2.68. The highest BCUT2D eigenvalue weighted by Gasteiger charge is 2.12. The number of phenolic OH excluding ortho intramolecular Hbond substituents is 1. The van der Waals surface area contributed by atoms with E-state index in [1.54, 1.807) is 12.1 Å². The molecule has 0 aliphatic rings. The van der Waals surface area contributed by atoms with Gasteiger partial charge in [0.05, 0.1) is 0 Å². The summed E-state index contributed by atoms with van der Waals surface area (Å²) in [4.78, 5) is 12.3. The molecule has 0 radical (unpaired) electrons. The molecule has 0 saturated carbocycles. The Labute approximate surface area is 115 Å². The van der Waals surface area contributed by atoms with E-state index in [0.29, 0.717) is 5.56 Å². The van der Waals surface area contributed by atoms with Crippen molar-refractivity contribution >= 4 is 16.6 Å². The van der Waals surface area contributed by atoms with E-state index in [4.69, 9.17) is 0 Å². The van der Waals surface area contributed by atoms with Crippen molar-refractivity contribution in [3.8, 4) is 5.75 Å². The number of halogens is 1. The van der Waals surface area contributed by atoms with Crippen molar-refractivity contribution in [2.24, 2.45) is 0 Å². The van der Waals surface area contributed by atoms with Gasteiger partial charge in [0.15, 0.2) is 17.3 Å². The summed E-state index contributed by atoms with van der Waals surface area (Å²) in [5.41, 5.74) is 0.772. The topological polar surface area (TPSA) is 37.3 Å². The lowest BCUT2D eigenvalue weighted by Gasteiger charge is -2.04. The zero-order valence-corrected chi connectivity index (χ0v) is 10.5. The zero-order chi connectivity index (χ0) is 14.1. The van der Waals surface area contributed by atoms with Crippen molar-refractivity contribution < 1.29 is 14.3 Å². The summed E-state index contributed by atoms with van der Waals surface area (Å²) in [7, 11) is 0. The first-order chi connectivity index (χ1) is 9.65. The molecule has 0 aliphatic heterocycles. The van der Waals surface area contributed by atoms with Gasteiger partial charge >= 0.3 is 0 Å². The van der Waals surface area contributed by atoms with E-state index < -0.39 is 11.6 Å². The lowest BCUT2D eigenvalue weighted by Crippen LogP contribution is -2.01. The minimum Gasteiger partial charge on any atom is -0.505 e. The van der Waals surface area contributed by atoms with Crippen molar-refractivity contribution in [1.82, 2.24) is 0 Å². The molecule has 3 heteroatoms. The molecule has 3 rings (SSSR count). The Morgan fingerprint density at radius 2 is 1.50 bits per heavy atom. The number of phenols is 1. The molecule has 0 unspecified atom stereocenters. The molecule has 1 N–H and O–H groups in total. The first-order valence-electron chi connectivity index (χ1n) is 6.17. The summed E-state index contributed by atoms with van der Waals surface area (Å²) in [6.45, 7) is 0. The second-order valence-electron chi connectivity index (χ2n) is 4.56. The van der Waals surface area contributed by atoms with Gasteiger partial charge in [-0.05, 0) is 35.0 Å². The standard InChI is InChI=1S/C17H11FO2/c18-15-8-7-14(10-16(15)19)17(20)13-6-5-11-3-1-2-4-12(11)9-13/h1-10,19H. The van der Waals surface area contributed by atoms with E-state index in [0.717, 1.165) is 22.9 Å². The molecule has 0 aromatic heterocycles. The van der Waals surface area contributed by atoms with Gasteiger partial charge in [-0.25, -0.2) is 4.39 Å². The van der Waals surface area contributed by atoms with Gasteiger partial charge in [0.25, 0.3) is 0 Å². The Bertz CT molecular complexity index is 809. The minimum atomic E-state index is -0.736. The molecule has 0 spiro atoms. The molecule has 2 nitrogen and oxygen atoms in total. The summed E-state index contributed by atoms with van der Waals surface area (Å²) in [5.74, 6) is -1.50. The molecule has 0 aliphatic carbocycles. The number of fused-ring (bicyclic) bond motifs is 1. The van der Waals surface area contributed by atoms with E-state index in [2.05, 4.69) is 0 Å². The predicted octanol–water partition coefficient (Wildman–Crippen LogP) is 3.92. The Balaban J connectivity index is 2.05. The van der Waals surface area contributed by atoms with Gasteiger partial charge in [0.2, 0.25) is 0 Å². The number of hydrogen-bond donors (Lipinski definition) is 1. The highest BCUT2D eigenvalue weighted by Crippen LogP contribution is 2.21. The third kappa shape index (κ3) is 2.14. The Kier molecular flexibility index (Phi) is 2.95. The fraction of sp³-hybridized carbons (Fsp3) is 0. The van der Waals surface area contributed by atoms with Gasteiger partial charge in [-0.2, -0.15) is 0 Å². The average molecular weight is 266 g/mol. The van der Waals surface area contributed by atoms with Crippen LogP contribution in [0.5, 0.6) is 5.75 Å². The van der Waals surface area contributed by atoms with E-state index >= 15 is 0 Å². The number of carbonyl (C=O) groups excluding carboxylic acids is 1. The lowest BCUT2D eigenvalue weighted by molar-refractivity contribution is 0.103. The quantitative estimate of drug-likeness (QED) is 0.714. The predicted molar refractivity (Wildman–Crippen MR) is 75.4 cm³/mol. The molecule has 98 valence electrons. The number of benzene rings is 3. The third-order valence-electron chi connectivity index (χ3n) is 3.22. The maximum absolute atomic E-state index is 13.0. The molecule has 0 fully saturated rings. The average Bonchev–Trinajstić information content (AvgIpc) is 2.49. The molecule has 0 amide bonds. The van der Waals surface area contributed by atoms with Crippen molar-refractivity contribution in [3.05, 3.63) is 77.6 Å². The van der Waals surface area contributed by atoms with Crippen molar-refractivity contribution in [1.29, 1.82) is 0 Å². The molecule has 20 heavy (non-hydrogen) atoms. The van der Waals surface area contributed by atoms with Gasteiger partial charge in [-0.15, -0.1) is 0 Å². The van der Waals surface area contributed by atoms with Crippen molar-refractivity contribution in [2.75, 3.05) is 0 Å². The maximum atomic E-state index is 13.0. The minimum absolute atomic E-state index is 0.244. The molecule has 3 aromatic carbocycles. The van der Waals surface area contributed by atoms with Gasteiger partial charge in [-0.3, -0.25) is 4.79 Å². The SMILES string of the molecule is O=C(c1ccc(F)c(O)c1)c1ccc2ccccc2c1. The monoisotopic (exact) mass is 266 g/mol. The Morgan fingerprint density at radius 3 is 2.25 bits per heavy atom. The van der Waals surface area contributed by atoms with Gasteiger partial charge in [0.1, 0.15) is 0 Å². The molecule has 0 atom stereocenters. The van der Waals surface area contributed by atoms with Crippen LogP contribution in [0.3, 0.4) is 0 Å². The second kappa shape index (κ2) is 4.78. The number of rotatable bonds is 2. The van der Waals surface area contributed by atoms with E-state index in [1.165, 1.54) is 6.07 Å². The number of aromatic hydroxyl groups is 1. The fourth-order valence-electron chi connectivity index (χ4n) is 2.15. The highest BCUT2D eigenvalue weighted by atomic mass is 19.1. The lowest BCUT2D eigenvalue weighted by atomic mass is 10.00. The van der Waals surface area contributed by atoms with Gasteiger partial charge < -0.3 is 5.11 Å². The van der Waals surface area contributed by atoms with Crippen LogP contribution in [-0.4, -0.2) is 10.9 Å². The second-order valence-corrected chi connectivity index (χ2v) is 4.56. The molecule has 0 saturated heterocycles. The largest absolute Gasteiger partial charge is 0.505 e. The highest BCUT2D eigenvalue weighted by molar-refractivity contribution is 6.10. The van der Waals surface area contributed by atoms with Crippen LogP contribution in [0.4, 0.5) is 4.39 Å². The van der Waals surface area contributed by atoms with E-state index in [-0.39, 0.29) is 11.3 Å². The van der Waals surface area contributed by atoms with Crippen LogP contribution in [0.15, 0.2) is 60.7 Å². The zero-order valence-electron chi connectivity index (χ0n) is 10.5. The number of hydrogen-bond acceptors (Lipinski definition) is 2. The van der Waals surface area contributed by atoms with Crippen molar-refractivity contribution in [2.45, 2.75) is 0 Å². The number of carbonyl (C=O) groups is 1. The smallest absolute Gasteiger partial charge is 0.193 e. The fourth-order valence-corrected chi connectivity index (χ4v) is 2.15. The Morgan fingerprint density at radius 1 is 0.850 bits per heavy atom. The van der Waals surface area contributed by atoms with Crippen LogP contribution < -0.4 is 0 Å².